The van der Waals surface area contributed by atoms with E-state index in [1.165, 1.54) is 27.4 Å². The highest BCUT2D eigenvalue weighted by Crippen LogP contribution is 2.55. The van der Waals surface area contributed by atoms with Crippen LogP contribution in [0.1, 0.15) is 0 Å². The van der Waals surface area contributed by atoms with Gasteiger partial charge in [0.05, 0.1) is 27.4 Å². The Bertz CT molecular complexity index is 3080. The van der Waals surface area contributed by atoms with E-state index in [1.54, 1.807) is 0 Å². The summed E-state index contributed by atoms with van der Waals surface area (Å²) < 4.78 is 20.6. The Morgan fingerprint density at radius 2 is 0.981 bits per heavy atom. The zero-order chi connectivity index (χ0) is 34.4. The molecule has 0 radical (unpaired) electrons. The predicted octanol–water partition coefficient (Wildman–Crippen LogP) is 11.2. The number of benzene rings is 8. The van der Waals surface area contributed by atoms with Gasteiger partial charge < -0.3 is 13.7 Å². The van der Waals surface area contributed by atoms with E-state index in [0.717, 1.165) is 65.8 Å². The fourth-order valence-electron chi connectivity index (χ4n) is 8.75. The highest BCUT2D eigenvalue weighted by molar-refractivity contribution is 7.86. The summed E-state index contributed by atoms with van der Waals surface area (Å²) in [5, 5.41) is 7.44. The van der Waals surface area contributed by atoms with E-state index in [2.05, 4.69) is 161 Å². The Kier molecular flexibility index (Phi) is 6.23. The second-order valence-electron chi connectivity index (χ2n) is 13.6. The van der Waals surface area contributed by atoms with Gasteiger partial charge >= 0.3 is 0 Å². The average molecular weight is 683 g/mol. The molecule has 0 N–H and O–H groups in total. The van der Waals surface area contributed by atoms with Crippen LogP contribution in [-0.2, 0) is 4.57 Å². The Hall–Kier alpha value is -6.41. The van der Waals surface area contributed by atoms with Crippen molar-refractivity contribution in [1.82, 2.24) is 9.13 Å². The van der Waals surface area contributed by atoms with Gasteiger partial charge in [0.1, 0.15) is 0 Å². The van der Waals surface area contributed by atoms with Crippen molar-refractivity contribution >= 4 is 66.7 Å². The molecular weight excluding hydrogens is 652 g/mol. The van der Waals surface area contributed by atoms with Crippen molar-refractivity contribution in [2.75, 3.05) is 0 Å². The summed E-state index contributed by atoms with van der Waals surface area (Å²) >= 11 is 0. The summed E-state index contributed by atoms with van der Waals surface area (Å²) in [5.41, 5.74) is 11.1. The quantitative estimate of drug-likeness (QED) is 0.170. The van der Waals surface area contributed by atoms with Crippen LogP contribution in [0.2, 0.25) is 0 Å². The van der Waals surface area contributed by atoms with E-state index in [0.29, 0.717) is 0 Å². The fraction of sp³-hybridized carbons (Fsp3) is 0. The van der Waals surface area contributed by atoms with Crippen LogP contribution in [0.4, 0.5) is 0 Å². The van der Waals surface area contributed by atoms with Crippen molar-refractivity contribution in [2.45, 2.75) is 0 Å². The number of para-hydroxylation sites is 3. The van der Waals surface area contributed by atoms with Gasteiger partial charge in [-0.25, -0.2) is 0 Å². The lowest BCUT2D eigenvalue weighted by Crippen LogP contribution is -2.22. The lowest BCUT2D eigenvalue weighted by atomic mass is 9.99. The minimum atomic E-state index is -3.21. The van der Waals surface area contributed by atoms with Crippen molar-refractivity contribution in [3.05, 3.63) is 188 Å². The van der Waals surface area contributed by atoms with E-state index < -0.39 is 7.14 Å². The first-order valence-corrected chi connectivity index (χ1v) is 19.4. The highest BCUT2D eigenvalue weighted by Gasteiger charge is 2.42. The SMILES string of the molecule is O=P1(c2ccccc2)c2ccccc2-c2ccc3c4ccccc4n(-c4ccc(-c5cccc6c5c5ccccc5n6-c5ccccc5)cc4)c3c21. The van der Waals surface area contributed by atoms with Crippen LogP contribution in [0.15, 0.2) is 188 Å². The smallest absolute Gasteiger partial charge is 0.174 e. The van der Waals surface area contributed by atoms with Gasteiger partial charge in [-0.15, -0.1) is 0 Å². The van der Waals surface area contributed by atoms with E-state index in [4.69, 9.17) is 0 Å². The average Bonchev–Trinajstić information content (AvgIpc) is 3.83. The molecule has 0 fully saturated rings. The summed E-state index contributed by atoms with van der Waals surface area (Å²) in [5.74, 6) is 0. The van der Waals surface area contributed by atoms with Gasteiger partial charge in [0.2, 0.25) is 0 Å². The third kappa shape index (κ3) is 3.94. The van der Waals surface area contributed by atoms with E-state index in [1.807, 2.05) is 36.4 Å². The molecule has 1 unspecified atom stereocenters. The number of fused-ring (bicyclic) bond motifs is 10. The number of hydrogen-bond donors (Lipinski definition) is 0. The van der Waals surface area contributed by atoms with Crippen LogP contribution in [-0.4, -0.2) is 9.13 Å². The molecule has 1 aliphatic heterocycles. The van der Waals surface area contributed by atoms with Crippen LogP contribution in [0, 0.1) is 0 Å². The summed E-state index contributed by atoms with van der Waals surface area (Å²) in [6.45, 7) is 0. The first kappa shape index (κ1) is 29.3. The third-order valence-electron chi connectivity index (χ3n) is 10.9. The largest absolute Gasteiger partial charge is 0.309 e. The van der Waals surface area contributed by atoms with Gasteiger partial charge in [0.15, 0.2) is 7.14 Å². The molecule has 0 spiro atoms. The molecule has 4 heteroatoms. The number of aromatic nitrogens is 2. The molecule has 3 nitrogen and oxygen atoms in total. The van der Waals surface area contributed by atoms with Gasteiger partial charge in [0, 0.05) is 43.5 Å². The van der Waals surface area contributed by atoms with Crippen LogP contribution in [0.25, 0.3) is 77.2 Å². The number of hydrogen-bond acceptors (Lipinski definition) is 1. The maximum atomic E-state index is 15.9. The van der Waals surface area contributed by atoms with Crippen molar-refractivity contribution in [3.8, 4) is 33.6 Å². The summed E-state index contributed by atoms with van der Waals surface area (Å²) in [4.78, 5) is 0. The molecule has 3 heterocycles. The van der Waals surface area contributed by atoms with Gasteiger partial charge in [-0.05, 0) is 64.7 Å². The third-order valence-corrected chi connectivity index (χ3v) is 14.1. The molecule has 8 aromatic carbocycles. The van der Waals surface area contributed by atoms with Gasteiger partial charge in [-0.3, -0.25) is 0 Å². The molecule has 0 aliphatic carbocycles. The zero-order valence-electron chi connectivity index (χ0n) is 28.1. The Morgan fingerprint density at radius 1 is 0.385 bits per heavy atom. The topological polar surface area (TPSA) is 26.9 Å². The second-order valence-corrected chi connectivity index (χ2v) is 16.3. The summed E-state index contributed by atoms with van der Waals surface area (Å²) in [7, 11) is -3.21. The van der Waals surface area contributed by atoms with Crippen LogP contribution >= 0.6 is 7.14 Å². The summed E-state index contributed by atoms with van der Waals surface area (Å²) in [6, 6.07) is 66.2. The van der Waals surface area contributed by atoms with E-state index >= 15 is 4.57 Å². The molecule has 2 aromatic heterocycles. The first-order chi connectivity index (χ1) is 25.7. The maximum absolute atomic E-state index is 15.9. The molecule has 10 aromatic rings. The highest BCUT2D eigenvalue weighted by atomic mass is 31.2. The molecule has 1 atom stereocenters. The Morgan fingerprint density at radius 3 is 1.77 bits per heavy atom. The minimum absolute atomic E-state index is 0.864. The van der Waals surface area contributed by atoms with Crippen molar-refractivity contribution in [1.29, 1.82) is 0 Å². The molecule has 52 heavy (non-hydrogen) atoms. The van der Waals surface area contributed by atoms with Gasteiger partial charge in [0.25, 0.3) is 0 Å². The first-order valence-electron chi connectivity index (χ1n) is 17.7. The zero-order valence-corrected chi connectivity index (χ0v) is 29.0. The maximum Gasteiger partial charge on any atom is 0.174 e. The lowest BCUT2D eigenvalue weighted by molar-refractivity contribution is 0.593. The molecule has 0 amide bonds. The minimum Gasteiger partial charge on any atom is -0.309 e. The molecule has 244 valence electrons. The molecule has 0 saturated heterocycles. The Labute approximate surface area is 301 Å². The molecule has 0 saturated carbocycles. The van der Waals surface area contributed by atoms with E-state index in [-0.39, 0.29) is 0 Å². The van der Waals surface area contributed by atoms with Crippen molar-refractivity contribution in [2.24, 2.45) is 0 Å². The van der Waals surface area contributed by atoms with Crippen LogP contribution in [0.5, 0.6) is 0 Å². The molecule has 0 bridgehead atoms. The number of nitrogens with zero attached hydrogens (tertiary/aromatic N) is 2. The van der Waals surface area contributed by atoms with Gasteiger partial charge in [-0.2, -0.15) is 0 Å². The molecule has 11 rings (SSSR count). The monoisotopic (exact) mass is 682 g/mol. The normalized spacial score (nSPS) is 15.1. The molecular formula is C48H31N2OP. The van der Waals surface area contributed by atoms with Crippen molar-refractivity contribution in [3.63, 3.8) is 0 Å². The lowest BCUT2D eigenvalue weighted by Gasteiger charge is -2.19. The van der Waals surface area contributed by atoms with Gasteiger partial charge in [-0.1, -0.05) is 146 Å². The predicted molar refractivity (Wildman–Crippen MR) is 219 cm³/mol. The number of rotatable bonds is 4. The van der Waals surface area contributed by atoms with Crippen molar-refractivity contribution < 1.29 is 4.57 Å². The summed E-state index contributed by atoms with van der Waals surface area (Å²) in [6.07, 6.45) is 0. The van der Waals surface area contributed by atoms with E-state index in [9.17, 15) is 0 Å². The molecule has 1 aliphatic rings. The Balaban J connectivity index is 1.16. The standard InChI is InChI=1S/C48H31N2OP/c51-52(35-16-5-2-6-17-35)45-25-12-9-19-38(45)40-31-30-39-37-18-7-10-22-42(37)50(47(39)48(40)52)34-28-26-32(27-29-34)36-21-13-24-44-46(36)41-20-8-11-23-43(41)49(44)33-14-3-1-4-15-33/h1-31H. The van der Waals surface area contributed by atoms with Crippen LogP contribution in [0.3, 0.4) is 0 Å². The van der Waals surface area contributed by atoms with Crippen LogP contribution < -0.4 is 15.9 Å². The second kappa shape index (κ2) is 11.0. The fourth-order valence-corrected chi connectivity index (χ4v) is 12.0.